The predicted molar refractivity (Wildman–Crippen MR) is 41.4 cm³/mol. The lowest BCUT2D eigenvalue weighted by Gasteiger charge is -1.97. The predicted octanol–water partition coefficient (Wildman–Crippen LogP) is 1.72. The maximum atomic E-state index is 10.5. The topological polar surface area (TPSA) is 37.3 Å². The summed E-state index contributed by atoms with van der Waals surface area (Å²) < 4.78 is 0. The van der Waals surface area contributed by atoms with Gasteiger partial charge in [-0.25, -0.2) is 4.79 Å². The van der Waals surface area contributed by atoms with Crippen LogP contribution in [0.1, 0.15) is 15.9 Å². The molecule has 0 bridgehead atoms. The Kier molecular flexibility index (Phi) is 2.06. The monoisotopic (exact) mass is 147 g/mol. The minimum atomic E-state index is -0.947. The Morgan fingerprint density at radius 1 is 1.45 bits per heavy atom. The van der Waals surface area contributed by atoms with Gasteiger partial charge in [-0.1, -0.05) is 24.8 Å². The zero-order chi connectivity index (χ0) is 8.27. The number of benzene rings is 1. The van der Waals surface area contributed by atoms with E-state index in [-0.39, 0.29) is 5.56 Å². The van der Waals surface area contributed by atoms with Crippen LogP contribution in [0.3, 0.4) is 0 Å². The summed E-state index contributed by atoms with van der Waals surface area (Å²) >= 11 is 0. The summed E-state index contributed by atoms with van der Waals surface area (Å²) in [6, 6.07) is 6.61. The second-order valence-corrected chi connectivity index (χ2v) is 2.03. The summed E-state index contributed by atoms with van der Waals surface area (Å²) in [7, 11) is 0. The molecule has 0 fully saturated rings. The first-order valence-electron chi connectivity index (χ1n) is 3.11. The molecule has 55 valence electrons. The van der Waals surface area contributed by atoms with E-state index in [0.717, 1.165) is 0 Å². The van der Waals surface area contributed by atoms with Crippen LogP contribution in [0.25, 0.3) is 0 Å². The van der Waals surface area contributed by atoms with Gasteiger partial charge < -0.3 is 5.11 Å². The van der Waals surface area contributed by atoms with E-state index in [0.29, 0.717) is 5.56 Å². The normalized spacial score (nSPS) is 9.09. The van der Waals surface area contributed by atoms with E-state index in [4.69, 9.17) is 5.11 Å². The molecule has 0 aliphatic heterocycles. The average Bonchev–Trinajstić information content (AvgIpc) is 2.04. The molecule has 2 heteroatoms. The SMILES string of the molecule is C=[C]c1ccccc1C(=O)O. The van der Waals surface area contributed by atoms with Crippen LogP contribution in [0.2, 0.25) is 0 Å². The Hall–Kier alpha value is -1.57. The summed E-state index contributed by atoms with van der Waals surface area (Å²) in [6.45, 7) is 3.39. The highest BCUT2D eigenvalue weighted by Gasteiger charge is 2.04. The third-order valence-electron chi connectivity index (χ3n) is 1.35. The molecule has 0 saturated carbocycles. The molecule has 0 amide bonds. The quantitative estimate of drug-likeness (QED) is 0.691. The lowest BCUT2D eigenvalue weighted by atomic mass is 10.1. The molecule has 0 spiro atoms. The summed E-state index contributed by atoms with van der Waals surface area (Å²) in [5, 5.41) is 8.63. The van der Waals surface area contributed by atoms with Crippen LogP contribution in [-0.2, 0) is 0 Å². The van der Waals surface area contributed by atoms with E-state index in [2.05, 4.69) is 12.7 Å². The van der Waals surface area contributed by atoms with E-state index in [1.807, 2.05) is 0 Å². The van der Waals surface area contributed by atoms with Crippen LogP contribution in [0.4, 0.5) is 0 Å². The lowest BCUT2D eigenvalue weighted by Crippen LogP contribution is -1.98. The van der Waals surface area contributed by atoms with Gasteiger partial charge in [0.05, 0.1) is 5.56 Å². The molecule has 2 nitrogen and oxygen atoms in total. The van der Waals surface area contributed by atoms with Crippen molar-refractivity contribution in [2.75, 3.05) is 0 Å². The maximum Gasteiger partial charge on any atom is 0.336 e. The van der Waals surface area contributed by atoms with Crippen LogP contribution in [0.5, 0.6) is 0 Å². The van der Waals surface area contributed by atoms with Gasteiger partial charge in [0.2, 0.25) is 0 Å². The molecular formula is C9H7O2. The zero-order valence-electron chi connectivity index (χ0n) is 5.87. The Morgan fingerprint density at radius 2 is 2.09 bits per heavy atom. The van der Waals surface area contributed by atoms with Gasteiger partial charge in [-0.2, -0.15) is 0 Å². The van der Waals surface area contributed by atoms with E-state index in [1.54, 1.807) is 18.2 Å². The van der Waals surface area contributed by atoms with E-state index in [1.165, 1.54) is 6.07 Å². The van der Waals surface area contributed by atoms with Crippen molar-refractivity contribution in [3.05, 3.63) is 48.0 Å². The fourth-order valence-electron chi connectivity index (χ4n) is 0.824. The molecule has 11 heavy (non-hydrogen) atoms. The molecule has 1 N–H and O–H groups in total. The van der Waals surface area contributed by atoms with Crippen molar-refractivity contribution >= 4 is 5.97 Å². The minimum Gasteiger partial charge on any atom is -0.478 e. The van der Waals surface area contributed by atoms with Gasteiger partial charge in [-0.3, -0.25) is 0 Å². The Bertz CT molecular complexity index is 289. The fraction of sp³-hybridized carbons (Fsp3) is 0. The molecule has 0 aliphatic rings. The Balaban J connectivity index is 3.22. The smallest absolute Gasteiger partial charge is 0.336 e. The number of hydrogen-bond acceptors (Lipinski definition) is 1. The van der Waals surface area contributed by atoms with Gasteiger partial charge >= 0.3 is 5.97 Å². The Morgan fingerprint density at radius 3 is 2.55 bits per heavy atom. The zero-order valence-corrected chi connectivity index (χ0v) is 5.87. The van der Waals surface area contributed by atoms with Gasteiger partial charge in [0, 0.05) is 0 Å². The number of carboxylic acids is 1. The molecule has 1 radical (unpaired) electrons. The molecule has 0 aromatic heterocycles. The highest BCUT2D eigenvalue weighted by atomic mass is 16.4. The number of carboxylic acid groups (broad SMARTS) is 1. The molecule has 0 saturated heterocycles. The first-order valence-corrected chi connectivity index (χ1v) is 3.11. The van der Waals surface area contributed by atoms with E-state index < -0.39 is 5.97 Å². The van der Waals surface area contributed by atoms with Crippen LogP contribution in [-0.4, -0.2) is 11.1 Å². The number of aromatic carboxylic acids is 1. The second kappa shape index (κ2) is 3.01. The van der Waals surface area contributed by atoms with Crippen LogP contribution >= 0.6 is 0 Å². The number of rotatable bonds is 2. The molecule has 1 aromatic rings. The average molecular weight is 147 g/mol. The molecule has 0 atom stereocenters. The van der Waals surface area contributed by atoms with Crippen molar-refractivity contribution in [2.45, 2.75) is 0 Å². The van der Waals surface area contributed by atoms with Crippen molar-refractivity contribution in [1.82, 2.24) is 0 Å². The van der Waals surface area contributed by atoms with Gasteiger partial charge in [0.1, 0.15) is 0 Å². The summed E-state index contributed by atoms with van der Waals surface area (Å²) in [5.41, 5.74) is 0.766. The van der Waals surface area contributed by atoms with Crippen molar-refractivity contribution in [3.8, 4) is 0 Å². The third kappa shape index (κ3) is 1.46. The number of carbonyl (C=O) groups is 1. The first-order chi connectivity index (χ1) is 5.25. The molecule has 1 aromatic carbocycles. The molecule has 0 heterocycles. The maximum absolute atomic E-state index is 10.5. The summed E-state index contributed by atoms with van der Waals surface area (Å²) in [4.78, 5) is 10.5. The van der Waals surface area contributed by atoms with Crippen LogP contribution < -0.4 is 0 Å². The molecule has 1 rings (SSSR count). The standard InChI is InChI=1S/C9H7O2/c1-2-7-5-3-4-6-8(7)9(10)11/h3-6H,1H2,(H,10,11). The number of hydrogen-bond donors (Lipinski definition) is 1. The molecule has 0 aliphatic carbocycles. The molecular weight excluding hydrogens is 140 g/mol. The van der Waals surface area contributed by atoms with Gasteiger partial charge in [0.25, 0.3) is 0 Å². The minimum absolute atomic E-state index is 0.238. The van der Waals surface area contributed by atoms with Gasteiger partial charge in [-0.15, -0.1) is 0 Å². The van der Waals surface area contributed by atoms with Crippen molar-refractivity contribution in [3.63, 3.8) is 0 Å². The summed E-state index contributed by atoms with van der Waals surface area (Å²) in [5.74, 6) is -0.947. The van der Waals surface area contributed by atoms with Crippen LogP contribution in [0, 0.1) is 6.08 Å². The summed E-state index contributed by atoms with van der Waals surface area (Å²) in [6.07, 6.45) is 2.55. The largest absolute Gasteiger partial charge is 0.478 e. The second-order valence-electron chi connectivity index (χ2n) is 2.03. The fourth-order valence-corrected chi connectivity index (χ4v) is 0.824. The van der Waals surface area contributed by atoms with Gasteiger partial charge in [0.15, 0.2) is 0 Å². The molecule has 0 unspecified atom stereocenters. The lowest BCUT2D eigenvalue weighted by molar-refractivity contribution is 0.0696. The Labute approximate surface area is 64.8 Å². The van der Waals surface area contributed by atoms with E-state index >= 15 is 0 Å². The highest BCUT2D eigenvalue weighted by molar-refractivity contribution is 5.89. The highest BCUT2D eigenvalue weighted by Crippen LogP contribution is 2.07. The third-order valence-corrected chi connectivity index (χ3v) is 1.35. The van der Waals surface area contributed by atoms with Crippen molar-refractivity contribution in [2.24, 2.45) is 0 Å². The first kappa shape index (κ1) is 7.54. The van der Waals surface area contributed by atoms with Crippen LogP contribution in [0.15, 0.2) is 30.8 Å². The van der Waals surface area contributed by atoms with E-state index in [9.17, 15) is 4.79 Å². The van der Waals surface area contributed by atoms with Crippen molar-refractivity contribution in [1.29, 1.82) is 0 Å². The van der Waals surface area contributed by atoms with Gasteiger partial charge in [-0.05, 0) is 17.7 Å². The van der Waals surface area contributed by atoms with Crippen molar-refractivity contribution < 1.29 is 9.90 Å².